The second-order valence-corrected chi connectivity index (χ2v) is 8.21. The molecule has 154 valence electrons. The number of halogens is 1. The van der Waals surface area contributed by atoms with Gasteiger partial charge in [-0.25, -0.2) is 9.18 Å². The lowest BCUT2D eigenvalue weighted by molar-refractivity contribution is 0.167. The lowest BCUT2D eigenvalue weighted by Gasteiger charge is -2.31. The number of benzene rings is 1. The highest BCUT2D eigenvalue weighted by Gasteiger charge is 2.28. The Morgan fingerprint density at radius 3 is 3.00 bits per heavy atom. The van der Waals surface area contributed by atoms with E-state index in [1.165, 1.54) is 12.1 Å². The number of fused-ring (bicyclic) bond motifs is 1. The molecule has 29 heavy (non-hydrogen) atoms. The summed E-state index contributed by atoms with van der Waals surface area (Å²) in [5.41, 5.74) is 3.38. The topological polar surface area (TPSA) is 65.6 Å². The Hall–Kier alpha value is -2.58. The smallest absolute Gasteiger partial charge is 0.321 e. The summed E-state index contributed by atoms with van der Waals surface area (Å²) >= 11 is 1.61. The molecule has 3 N–H and O–H groups in total. The van der Waals surface area contributed by atoms with Crippen LogP contribution in [0.5, 0.6) is 5.75 Å². The monoisotopic (exact) mass is 416 g/mol. The fourth-order valence-electron chi connectivity index (χ4n) is 3.73. The van der Waals surface area contributed by atoms with Crippen LogP contribution < -0.4 is 20.7 Å². The Morgan fingerprint density at radius 1 is 1.38 bits per heavy atom. The summed E-state index contributed by atoms with van der Waals surface area (Å²) in [5, 5.41) is 11.4. The summed E-state index contributed by atoms with van der Waals surface area (Å²) in [6, 6.07) is 6.40. The fourth-order valence-corrected chi connectivity index (χ4v) is 4.60. The lowest BCUT2D eigenvalue weighted by atomic mass is 10.1. The molecule has 2 aliphatic rings. The number of allylic oxidation sites excluding steroid dienone is 1. The van der Waals surface area contributed by atoms with Gasteiger partial charge in [0.25, 0.3) is 0 Å². The molecule has 2 amide bonds. The van der Waals surface area contributed by atoms with E-state index in [1.54, 1.807) is 29.4 Å². The molecule has 0 spiro atoms. The molecule has 0 aliphatic carbocycles. The number of amides is 2. The van der Waals surface area contributed by atoms with Crippen LogP contribution in [0.15, 0.2) is 35.3 Å². The van der Waals surface area contributed by atoms with E-state index >= 15 is 0 Å². The van der Waals surface area contributed by atoms with E-state index in [1.807, 2.05) is 18.4 Å². The zero-order chi connectivity index (χ0) is 20.4. The largest absolute Gasteiger partial charge is 0.487 e. The number of piperidine rings is 1. The van der Waals surface area contributed by atoms with Crippen LogP contribution in [0, 0.1) is 5.82 Å². The van der Waals surface area contributed by atoms with Crippen LogP contribution >= 0.6 is 11.3 Å². The van der Waals surface area contributed by atoms with Gasteiger partial charge in [-0.15, -0.1) is 11.3 Å². The first-order chi connectivity index (χ1) is 14.1. The minimum absolute atomic E-state index is 0.00612. The lowest BCUT2D eigenvalue weighted by Crippen LogP contribution is -2.39. The first kappa shape index (κ1) is 19.7. The second kappa shape index (κ2) is 8.42. The molecule has 1 saturated heterocycles. The average molecular weight is 417 g/mol. The van der Waals surface area contributed by atoms with Gasteiger partial charge in [-0.1, -0.05) is 0 Å². The van der Waals surface area contributed by atoms with Crippen LogP contribution in [0.3, 0.4) is 0 Å². The maximum atomic E-state index is 14.0. The predicted molar refractivity (Wildman–Crippen MR) is 113 cm³/mol. The predicted octanol–water partition coefficient (Wildman–Crippen LogP) is 3.97. The minimum atomic E-state index is -0.341. The van der Waals surface area contributed by atoms with Gasteiger partial charge in [0.1, 0.15) is 17.7 Å². The standard InChI is InChI=1S/C21H25FN4O2S/c1-13-20(16-7-9-29-19(16)12-26(13)21(27)23-2)25-17-6-5-14(22)10-18(17)28-15-4-3-8-24-11-15/h5-7,9-10,15,24-25H,3-4,8,11-12H2,1-2H3,(H,23,27). The second-order valence-electron chi connectivity index (χ2n) is 7.21. The third kappa shape index (κ3) is 4.09. The Bertz CT molecular complexity index is 937. The molecule has 1 fully saturated rings. The van der Waals surface area contributed by atoms with E-state index in [2.05, 4.69) is 16.0 Å². The number of ether oxygens (including phenoxy) is 1. The van der Waals surface area contributed by atoms with E-state index in [0.29, 0.717) is 18.0 Å². The molecule has 8 heteroatoms. The normalized spacial score (nSPS) is 19.0. The van der Waals surface area contributed by atoms with Crippen molar-refractivity contribution in [2.24, 2.45) is 0 Å². The summed E-state index contributed by atoms with van der Waals surface area (Å²) < 4.78 is 20.1. The number of rotatable bonds is 4. The van der Waals surface area contributed by atoms with Crippen molar-refractivity contribution in [1.82, 2.24) is 15.5 Å². The number of anilines is 1. The maximum Gasteiger partial charge on any atom is 0.321 e. The highest BCUT2D eigenvalue weighted by molar-refractivity contribution is 7.10. The molecule has 0 radical (unpaired) electrons. The molecule has 0 saturated carbocycles. The van der Waals surface area contributed by atoms with Gasteiger partial charge in [-0.05, 0) is 49.9 Å². The molecule has 4 rings (SSSR count). The number of nitrogens with zero attached hydrogens (tertiary/aromatic N) is 1. The molecule has 1 unspecified atom stereocenters. The Morgan fingerprint density at radius 2 is 2.24 bits per heavy atom. The maximum absolute atomic E-state index is 14.0. The quantitative estimate of drug-likeness (QED) is 0.706. The van der Waals surface area contributed by atoms with Crippen molar-refractivity contribution in [3.63, 3.8) is 0 Å². The van der Waals surface area contributed by atoms with Gasteiger partial charge in [0, 0.05) is 35.8 Å². The van der Waals surface area contributed by atoms with Crippen molar-refractivity contribution < 1.29 is 13.9 Å². The van der Waals surface area contributed by atoms with Gasteiger partial charge in [-0.3, -0.25) is 4.90 Å². The zero-order valence-electron chi connectivity index (χ0n) is 16.5. The van der Waals surface area contributed by atoms with E-state index in [-0.39, 0.29) is 18.0 Å². The fraction of sp³-hybridized carbons (Fsp3) is 0.381. The minimum Gasteiger partial charge on any atom is -0.487 e. The van der Waals surface area contributed by atoms with Crippen LogP contribution in [0.4, 0.5) is 14.9 Å². The summed E-state index contributed by atoms with van der Waals surface area (Å²) in [5.74, 6) is 0.139. The third-order valence-corrected chi connectivity index (χ3v) is 6.20. The molecule has 1 aromatic heterocycles. The van der Waals surface area contributed by atoms with E-state index in [9.17, 15) is 9.18 Å². The van der Waals surface area contributed by atoms with Gasteiger partial charge in [0.2, 0.25) is 0 Å². The molecular formula is C21H25FN4O2S. The molecule has 0 bridgehead atoms. The summed E-state index contributed by atoms with van der Waals surface area (Å²) in [6.45, 7) is 4.17. The summed E-state index contributed by atoms with van der Waals surface area (Å²) in [7, 11) is 1.62. The third-order valence-electron chi connectivity index (χ3n) is 5.29. The zero-order valence-corrected chi connectivity index (χ0v) is 17.4. The van der Waals surface area contributed by atoms with Crippen molar-refractivity contribution in [2.45, 2.75) is 32.4 Å². The Kier molecular flexibility index (Phi) is 5.73. The molecule has 2 aliphatic heterocycles. The molecule has 1 aromatic carbocycles. The van der Waals surface area contributed by atoms with Crippen molar-refractivity contribution in [3.8, 4) is 5.75 Å². The number of carbonyl (C=O) groups is 1. The van der Waals surface area contributed by atoms with Crippen molar-refractivity contribution in [1.29, 1.82) is 0 Å². The van der Waals surface area contributed by atoms with E-state index in [0.717, 1.165) is 47.8 Å². The SMILES string of the molecule is CNC(=O)N1Cc2sccc2C(Nc2ccc(F)cc2OC2CCCNC2)=C1C. The van der Waals surface area contributed by atoms with Crippen molar-refractivity contribution >= 4 is 28.8 Å². The number of urea groups is 1. The molecule has 2 aromatic rings. The van der Waals surface area contributed by atoms with Crippen LogP contribution in [0.2, 0.25) is 0 Å². The highest BCUT2D eigenvalue weighted by atomic mass is 32.1. The first-order valence-electron chi connectivity index (χ1n) is 9.77. The van der Waals surface area contributed by atoms with Gasteiger partial charge >= 0.3 is 6.03 Å². The number of thiophene rings is 1. The average Bonchev–Trinajstić information content (AvgIpc) is 3.20. The van der Waals surface area contributed by atoms with E-state index < -0.39 is 0 Å². The van der Waals surface area contributed by atoms with Crippen LogP contribution in [-0.4, -0.2) is 37.2 Å². The van der Waals surface area contributed by atoms with Gasteiger partial charge in [0.15, 0.2) is 0 Å². The Balaban J connectivity index is 1.67. The molecule has 6 nitrogen and oxygen atoms in total. The number of nitrogens with one attached hydrogen (secondary N) is 3. The van der Waals surface area contributed by atoms with Crippen LogP contribution in [-0.2, 0) is 6.54 Å². The van der Waals surface area contributed by atoms with Crippen molar-refractivity contribution in [3.05, 3.63) is 51.6 Å². The van der Waals surface area contributed by atoms with E-state index in [4.69, 9.17) is 4.74 Å². The van der Waals surface area contributed by atoms with Crippen LogP contribution in [0.1, 0.15) is 30.2 Å². The van der Waals surface area contributed by atoms with Crippen molar-refractivity contribution in [2.75, 3.05) is 25.5 Å². The number of hydrogen-bond acceptors (Lipinski definition) is 5. The first-order valence-corrected chi connectivity index (χ1v) is 10.7. The van der Waals surface area contributed by atoms with Gasteiger partial charge < -0.3 is 20.7 Å². The van der Waals surface area contributed by atoms with Crippen LogP contribution in [0.25, 0.3) is 5.70 Å². The highest BCUT2D eigenvalue weighted by Crippen LogP contribution is 2.38. The number of hydrogen-bond donors (Lipinski definition) is 3. The number of carbonyl (C=O) groups excluding carboxylic acids is 1. The molecular weight excluding hydrogens is 391 g/mol. The van der Waals surface area contributed by atoms with Gasteiger partial charge in [0.05, 0.1) is 17.9 Å². The Labute approximate surface area is 173 Å². The molecule has 1 atom stereocenters. The summed E-state index contributed by atoms with van der Waals surface area (Å²) in [4.78, 5) is 15.2. The van der Waals surface area contributed by atoms with Gasteiger partial charge in [-0.2, -0.15) is 0 Å². The summed E-state index contributed by atoms with van der Waals surface area (Å²) in [6.07, 6.45) is 1.97. The molecule has 3 heterocycles.